The number of aromatic amines is 2. The zero-order valence-electron chi connectivity index (χ0n) is 19.3. The van der Waals surface area contributed by atoms with Crippen LogP contribution in [0, 0.1) is 5.92 Å². The second kappa shape index (κ2) is 9.53. The molecule has 1 amide bonds. The summed E-state index contributed by atoms with van der Waals surface area (Å²) in [6.45, 7) is 0. The molecule has 11 heteroatoms. The summed E-state index contributed by atoms with van der Waals surface area (Å²) in [5, 5.41) is 16.0. The highest BCUT2D eigenvalue weighted by atomic mass is 16.5. The quantitative estimate of drug-likeness (QED) is 0.332. The largest absolute Gasteiger partial charge is 0.474 e. The zero-order valence-corrected chi connectivity index (χ0v) is 19.3. The van der Waals surface area contributed by atoms with Gasteiger partial charge in [0.15, 0.2) is 0 Å². The minimum Gasteiger partial charge on any atom is -0.474 e. The number of nitrogens with zero attached hydrogens (tertiary/aromatic N) is 6. The monoisotopic (exact) mass is 481 g/mol. The predicted molar refractivity (Wildman–Crippen MR) is 132 cm³/mol. The van der Waals surface area contributed by atoms with Gasteiger partial charge in [0.2, 0.25) is 11.8 Å². The van der Waals surface area contributed by atoms with Crippen LogP contribution in [0.25, 0.3) is 33.7 Å². The molecule has 1 aliphatic carbocycles. The second-order valence-electron chi connectivity index (χ2n) is 8.74. The van der Waals surface area contributed by atoms with Gasteiger partial charge >= 0.3 is 0 Å². The summed E-state index contributed by atoms with van der Waals surface area (Å²) in [6, 6.07) is 15.7. The van der Waals surface area contributed by atoms with Crippen molar-refractivity contribution < 1.29 is 9.53 Å². The molecule has 1 fully saturated rings. The van der Waals surface area contributed by atoms with Crippen LogP contribution in [-0.2, 0) is 4.79 Å². The van der Waals surface area contributed by atoms with Gasteiger partial charge in [-0.05, 0) is 61.2 Å². The van der Waals surface area contributed by atoms with Crippen LogP contribution in [-0.4, -0.2) is 52.6 Å². The van der Waals surface area contributed by atoms with Crippen molar-refractivity contribution in [2.75, 3.05) is 5.32 Å². The molecule has 5 aromatic rings. The molecular formula is C25H23N9O2. The third-order valence-electron chi connectivity index (χ3n) is 6.37. The smallest absolute Gasteiger partial charge is 0.269 e. The van der Waals surface area contributed by atoms with Gasteiger partial charge in [0.25, 0.3) is 5.95 Å². The number of amides is 1. The van der Waals surface area contributed by atoms with Crippen molar-refractivity contribution in [2.45, 2.75) is 31.8 Å². The van der Waals surface area contributed by atoms with Crippen LogP contribution in [0.1, 0.15) is 25.7 Å². The van der Waals surface area contributed by atoms with Gasteiger partial charge in [-0.1, -0.05) is 17.2 Å². The number of rotatable bonds is 6. The number of fused-ring (bicyclic) bond motifs is 1. The van der Waals surface area contributed by atoms with Crippen molar-refractivity contribution >= 4 is 22.9 Å². The fraction of sp³-hybridized carbons (Fsp3) is 0.240. The van der Waals surface area contributed by atoms with E-state index in [2.05, 4.69) is 45.9 Å². The highest BCUT2D eigenvalue weighted by molar-refractivity contribution is 5.90. The van der Waals surface area contributed by atoms with Crippen molar-refractivity contribution in [1.29, 1.82) is 0 Å². The van der Waals surface area contributed by atoms with Crippen LogP contribution in [0.2, 0.25) is 0 Å². The van der Waals surface area contributed by atoms with E-state index in [0.29, 0.717) is 5.88 Å². The zero-order chi connectivity index (χ0) is 24.3. The number of nitrogens with one attached hydrogen (secondary N) is 3. The van der Waals surface area contributed by atoms with E-state index >= 15 is 0 Å². The molecule has 36 heavy (non-hydrogen) atoms. The van der Waals surface area contributed by atoms with E-state index in [0.717, 1.165) is 59.4 Å². The fourth-order valence-electron chi connectivity index (χ4n) is 4.44. The van der Waals surface area contributed by atoms with Gasteiger partial charge in [-0.15, -0.1) is 5.10 Å². The molecule has 0 spiro atoms. The van der Waals surface area contributed by atoms with E-state index in [9.17, 15) is 4.79 Å². The summed E-state index contributed by atoms with van der Waals surface area (Å²) in [4.78, 5) is 29.4. The predicted octanol–water partition coefficient (Wildman–Crippen LogP) is 3.78. The molecule has 1 aromatic carbocycles. The third kappa shape index (κ3) is 4.63. The second-order valence-corrected chi connectivity index (χ2v) is 8.74. The van der Waals surface area contributed by atoms with Gasteiger partial charge in [0, 0.05) is 35.5 Å². The number of pyridine rings is 2. The first-order valence-electron chi connectivity index (χ1n) is 11.8. The number of carbonyl (C=O) groups excluding carboxylic acids is 1. The molecule has 11 nitrogen and oxygen atoms in total. The van der Waals surface area contributed by atoms with E-state index in [1.165, 1.54) is 0 Å². The van der Waals surface area contributed by atoms with Crippen molar-refractivity contribution in [3.05, 3.63) is 60.9 Å². The number of para-hydroxylation sites is 2. The van der Waals surface area contributed by atoms with Gasteiger partial charge in [0.1, 0.15) is 11.9 Å². The Labute approximate surface area is 205 Å². The summed E-state index contributed by atoms with van der Waals surface area (Å²) in [5.41, 5.74) is 4.57. The average molecular weight is 482 g/mol. The van der Waals surface area contributed by atoms with E-state index in [4.69, 9.17) is 4.74 Å². The lowest BCUT2D eigenvalue weighted by Gasteiger charge is -2.27. The van der Waals surface area contributed by atoms with Crippen LogP contribution in [0.3, 0.4) is 0 Å². The minimum atomic E-state index is -0.0905. The molecule has 0 saturated heterocycles. The summed E-state index contributed by atoms with van der Waals surface area (Å²) < 4.78 is 6.07. The van der Waals surface area contributed by atoms with Crippen molar-refractivity contribution in [1.82, 2.24) is 40.6 Å². The first kappa shape index (κ1) is 21.8. The summed E-state index contributed by atoms with van der Waals surface area (Å²) >= 11 is 0. The molecular weight excluding hydrogens is 458 g/mol. The number of hydrogen-bond acceptors (Lipinski definition) is 8. The summed E-state index contributed by atoms with van der Waals surface area (Å²) in [6.07, 6.45) is 6.62. The Balaban J connectivity index is 1.04. The molecule has 0 unspecified atom stereocenters. The van der Waals surface area contributed by atoms with E-state index in [1.807, 2.05) is 54.7 Å². The number of hydrogen-bond donors (Lipinski definition) is 3. The SMILES string of the molecule is O=C(Nc1nn[nH]n1)C1CCC(Oc2ccc(-c3ccc(-c4nc5ccccc5[nH]4)cn3)cn2)CC1. The normalized spacial score (nSPS) is 17.7. The molecule has 0 radical (unpaired) electrons. The molecule has 4 aromatic heterocycles. The van der Waals surface area contributed by atoms with E-state index in [1.54, 1.807) is 6.20 Å². The lowest BCUT2D eigenvalue weighted by atomic mass is 9.87. The topological polar surface area (TPSA) is 147 Å². The molecule has 0 atom stereocenters. The van der Waals surface area contributed by atoms with Crippen molar-refractivity contribution in [3.8, 4) is 28.5 Å². The average Bonchev–Trinajstić information content (AvgIpc) is 3.60. The number of ether oxygens (including phenoxy) is 1. The molecule has 0 aliphatic heterocycles. The Morgan fingerprint density at radius 1 is 0.944 bits per heavy atom. The van der Waals surface area contributed by atoms with Crippen LogP contribution in [0.4, 0.5) is 5.95 Å². The number of H-pyrrole nitrogens is 2. The molecule has 6 rings (SSSR count). The van der Waals surface area contributed by atoms with Gasteiger partial charge in [0.05, 0.1) is 16.7 Å². The van der Waals surface area contributed by atoms with Crippen molar-refractivity contribution in [2.24, 2.45) is 5.92 Å². The fourth-order valence-corrected chi connectivity index (χ4v) is 4.44. The maximum absolute atomic E-state index is 12.3. The van der Waals surface area contributed by atoms with Crippen LogP contribution in [0.5, 0.6) is 5.88 Å². The Morgan fingerprint density at radius 3 is 2.50 bits per heavy atom. The highest BCUT2D eigenvalue weighted by Gasteiger charge is 2.28. The van der Waals surface area contributed by atoms with Gasteiger partial charge < -0.3 is 9.72 Å². The third-order valence-corrected chi connectivity index (χ3v) is 6.37. The first-order chi connectivity index (χ1) is 17.7. The Morgan fingerprint density at radius 2 is 1.78 bits per heavy atom. The standard InChI is InChI=1S/C25H23N9O2/c35-24(30-25-31-33-34-32-25)15-5-9-18(10-6-15)36-22-12-8-16(13-27-22)19-11-7-17(14-26-19)23-28-20-3-1-2-4-21(20)29-23/h1-4,7-8,11-15,18H,5-6,9-10H2,(H,28,29)(H2,30,31,32,33,34,35). The maximum atomic E-state index is 12.3. The van der Waals surface area contributed by atoms with Gasteiger partial charge in [-0.3, -0.25) is 15.1 Å². The van der Waals surface area contributed by atoms with Gasteiger partial charge in [-0.25, -0.2) is 9.97 Å². The summed E-state index contributed by atoms with van der Waals surface area (Å²) in [5.74, 6) is 1.38. The van der Waals surface area contributed by atoms with Crippen LogP contribution in [0.15, 0.2) is 60.9 Å². The lowest BCUT2D eigenvalue weighted by molar-refractivity contribution is -0.121. The van der Waals surface area contributed by atoms with E-state index in [-0.39, 0.29) is 23.9 Å². The number of tetrazole rings is 1. The first-order valence-corrected chi connectivity index (χ1v) is 11.8. The minimum absolute atomic E-state index is 0.0267. The number of aromatic nitrogens is 8. The summed E-state index contributed by atoms with van der Waals surface area (Å²) in [7, 11) is 0. The molecule has 180 valence electrons. The number of imidazole rings is 1. The maximum Gasteiger partial charge on any atom is 0.269 e. The van der Waals surface area contributed by atoms with Crippen LogP contribution >= 0.6 is 0 Å². The molecule has 1 aliphatic rings. The molecule has 1 saturated carbocycles. The molecule has 4 heterocycles. The van der Waals surface area contributed by atoms with Crippen LogP contribution < -0.4 is 10.1 Å². The lowest BCUT2D eigenvalue weighted by Crippen LogP contribution is -2.31. The van der Waals surface area contributed by atoms with Gasteiger partial charge in [-0.2, -0.15) is 5.21 Å². The Hall–Kier alpha value is -4.67. The number of benzene rings is 1. The van der Waals surface area contributed by atoms with Crippen molar-refractivity contribution in [3.63, 3.8) is 0 Å². The Kier molecular flexibility index (Phi) is 5.78. The van der Waals surface area contributed by atoms with E-state index < -0.39 is 0 Å². The Bertz CT molecular complexity index is 1420. The highest BCUT2D eigenvalue weighted by Crippen LogP contribution is 2.29. The molecule has 0 bridgehead atoms. The number of carbonyl (C=O) groups is 1. The number of anilines is 1. The molecule has 3 N–H and O–H groups in total.